The van der Waals surface area contributed by atoms with E-state index in [4.69, 9.17) is 0 Å². The smallest absolute Gasteiger partial charge is 0.244 e. The van der Waals surface area contributed by atoms with Crippen LogP contribution in [0.5, 0.6) is 0 Å². The number of rotatable bonds is 5. The number of thioether (sulfide) groups is 1. The Kier molecular flexibility index (Phi) is 5.95. The molecule has 1 amide bonds. The van der Waals surface area contributed by atoms with Crippen LogP contribution < -0.4 is 5.32 Å². The van der Waals surface area contributed by atoms with E-state index in [1.165, 1.54) is 10.5 Å². The molecule has 8 heteroatoms. The number of hydrogen-bond donors (Lipinski definition) is 1. The molecule has 26 heavy (non-hydrogen) atoms. The van der Waals surface area contributed by atoms with E-state index in [-0.39, 0.29) is 16.7 Å². The zero-order valence-electron chi connectivity index (χ0n) is 14.5. The number of nitrogens with zero attached hydrogens (tertiary/aromatic N) is 2. The van der Waals surface area contributed by atoms with E-state index in [2.05, 4.69) is 10.3 Å². The van der Waals surface area contributed by atoms with Gasteiger partial charge in [-0.25, -0.2) is 8.42 Å². The number of carbonyl (C=O) groups is 1. The third kappa shape index (κ3) is 4.25. The minimum Gasteiger partial charge on any atom is -0.326 e. The molecular weight excluding hydrogens is 370 g/mol. The first kappa shape index (κ1) is 18.9. The maximum absolute atomic E-state index is 12.6. The van der Waals surface area contributed by atoms with Gasteiger partial charge in [-0.15, -0.1) is 11.8 Å². The molecular formula is C18H21N3O3S2. The minimum absolute atomic E-state index is 0.0553. The van der Waals surface area contributed by atoms with Gasteiger partial charge in [0.05, 0.1) is 0 Å². The lowest BCUT2D eigenvalue weighted by molar-refractivity contribution is -0.120. The highest BCUT2D eigenvalue weighted by atomic mass is 32.2. The second kappa shape index (κ2) is 8.20. The largest absolute Gasteiger partial charge is 0.326 e. The summed E-state index contributed by atoms with van der Waals surface area (Å²) < 4.78 is 26.6. The molecule has 1 N–H and O–H groups in total. The predicted molar refractivity (Wildman–Crippen MR) is 103 cm³/mol. The van der Waals surface area contributed by atoms with Crippen LogP contribution in [0.2, 0.25) is 0 Å². The number of sulfonamides is 1. The summed E-state index contributed by atoms with van der Waals surface area (Å²) >= 11 is 1.65. The van der Waals surface area contributed by atoms with Crippen molar-refractivity contribution in [2.75, 3.05) is 24.7 Å². The first-order valence-electron chi connectivity index (χ1n) is 8.36. The fourth-order valence-corrected chi connectivity index (χ4v) is 4.77. The molecule has 1 aromatic heterocycles. The van der Waals surface area contributed by atoms with E-state index < -0.39 is 10.0 Å². The Balaban J connectivity index is 1.58. The van der Waals surface area contributed by atoms with Gasteiger partial charge in [-0.05, 0) is 55.5 Å². The van der Waals surface area contributed by atoms with Crippen LogP contribution in [0.3, 0.4) is 0 Å². The molecule has 1 aliphatic heterocycles. The van der Waals surface area contributed by atoms with Gasteiger partial charge in [0.15, 0.2) is 0 Å². The van der Waals surface area contributed by atoms with Crippen molar-refractivity contribution in [1.82, 2.24) is 9.29 Å². The molecule has 0 atom stereocenters. The van der Waals surface area contributed by atoms with Crippen LogP contribution in [-0.4, -0.2) is 43.0 Å². The quantitative estimate of drug-likeness (QED) is 0.793. The molecule has 1 saturated heterocycles. The predicted octanol–water partition coefficient (Wildman–Crippen LogP) is 2.84. The number of piperidine rings is 1. The molecule has 3 rings (SSSR count). The second-order valence-electron chi connectivity index (χ2n) is 6.08. The molecule has 1 fully saturated rings. The summed E-state index contributed by atoms with van der Waals surface area (Å²) in [6.45, 7) is 0.668. The number of benzene rings is 1. The van der Waals surface area contributed by atoms with E-state index in [1.807, 2.05) is 30.5 Å². The van der Waals surface area contributed by atoms with E-state index in [9.17, 15) is 13.2 Å². The highest BCUT2D eigenvalue weighted by Crippen LogP contribution is 2.25. The van der Waals surface area contributed by atoms with Gasteiger partial charge < -0.3 is 5.32 Å². The minimum atomic E-state index is -3.54. The number of aromatic nitrogens is 1. The number of pyridine rings is 1. The summed E-state index contributed by atoms with van der Waals surface area (Å²) in [5.41, 5.74) is 0.762. The molecule has 1 aliphatic rings. The molecule has 6 nitrogen and oxygen atoms in total. The van der Waals surface area contributed by atoms with Crippen molar-refractivity contribution in [3.63, 3.8) is 0 Å². The third-order valence-electron chi connectivity index (χ3n) is 4.45. The van der Waals surface area contributed by atoms with Crippen molar-refractivity contribution < 1.29 is 13.2 Å². The van der Waals surface area contributed by atoms with Crippen molar-refractivity contribution >= 4 is 33.4 Å². The summed E-state index contributed by atoms with van der Waals surface area (Å²) in [6.07, 6.45) is 5.91. The number of anilines is 1. The Morgan fingerprint density at radius 1 is 1.19 bits per heavy atom. The normalized spacial score (nSPS) is 16.3. The van der Waals surface area contributed by atoms with Gasteiger partial charge >= 0.3 is 0 Å². The molecule has 0 radical (unpaired) electrons. The summed E-state index contributed by atoms with van der Waals surface area (Å²) in [6, 6.07) is 10.8. The fraction of sp³-hybridized carbons (Fsp3) is 0.333. The van der Waals surface area contributed by atoms with Crippen LogP contribution in [0.15, 0.2) is 58.6 Å². The van der Waals surface area contributed by atoms with Crippen molar-refractivity contribution in [1.29, 1.82) is 0 Å². The van der Waals surface area contributed by atoms with E-state index >= 15 is 0 Å². The summed E-state index contributed by atoms with van der Waals surface area (Å²) in [5.74, 6) is -0.240. The Hall–Kier alpha value is -1.90. The van der Waals surface area contributed by atoms with E-state index in [0.717, 1.165) is 10.6 Å². The average molecular weight is 392 g/mol. The maximum atomic E-state index is 12.6. The standard InChI is InChI=1S/C18H21N3O3S2/c1-25-16-6-4-15(5-7-16)20-18(22)14-8-11-21(12-9-14)26(23,24)17-3-2-10-19-13-17/h2-7,10,13-14H,8-9,11-12H2,1H3,(H,20,22). The lowest BCUT2D eigenvalue weighted by atomic mass is 9.97. The Labute approximate surface area is 158 Å². The molecule has 1 aromatic carbocycles. The van der Waals surface area contributed by atoms with Crippen molar-refractivity contribution in [3.8, 4) is 0 Å². The van der Waals surface area contributed by atoms with Crippen molar-refractivity contribution in [2.24, 2.45) is 5.92 Å². The highest BCUT2D eigenvalue weighted by Gasteiger charge is 2.32. The lowest BCUT2D eigenvalue weighted by Gasteiger charge is -2.30. The molecule has 0 aliphatic carbocycles. The number of nitrogens with one attached hydrogen (secondary N) is 1. The van der Waals surface area contributed by atoms with E-state index in [0.29, 0.717) is 25.9 Å². The van der Waals surface area contributed by atoms with Gasteiger partial charge in [0.1, 0.15) is 4.90 Å². The third-order valence-corrected chi connectivity index (χ3v) is 7.08. The molecule has 2 aromatic rings. The first-order valence-corrected chi connectivity index (χ1v) is 11.0. The number of amides is 1. The van der Waals surface area contributed by atoms with Crippen LogP contribution in [0, 0.1) is 5.92 Å². The van der Waals surface area contributed by atoms with Gasteiger partial charge in [-0.2, -0.15) is 4.31 Å². The van der Waals surface area contributed by atoms with Crippen LogP contribution in [0.1, 0.15) is 12.8 Å². The van der Waals surface area contributed by atoms with Gasteiger partial charge in [0, 0.05) is 42.0 Å². The summed E-state index contributed by atoms with van der Waals surface area (Å²) in [5, 5.41) is 2.92. The molecule has 0 spiro atoms. The van der Waals surface area contributed by atoms with Crippen molar-refractivity contribution in [3.05, 3.63) is 48.8 Å². The first-order chi connectivity index (χ1) is 12.5. The highest BCUT2D eigenvalue weighted by molar-refractivity contribution is 7.98. The second-order valence-corrected chi connectivity index (χ2v) is 8.90. The molecule has 0 bridgehead atoms. The fourth-order valence-electron chi connectivity index (χ4n) is 2.93. The van der Waals surface area contributed by atoms with Crippen LogP contribution >= 0.6 is 11.8 Å². The lowest BCUT2D eigenvalue weighted by Crippen LogP contribution is -2.41. The van der Waals surface area contributed by atoms with Gasteiger partial charge in [-0.1, -0.05) is 0 Å². The SMILES string of the molecule is CSc1ccc(NC(=O)C2CCN(S(=O)(=O)c3cccnc3)CC2)cc1. The molecule has 2 heterocycles. The van der Waals surface area contributed by atoms with Crippen LogP contribution in [0.25, 0.3) is 0 Å². The topological polar surface area (TPSA) is 79.4 Å². The van der Waals surface area contributed by atoms with Crippen LogP contribution in [-0.2, 0) is 14.8 Å². The summed E-state index contributed by atoms with van der Waals surface area (Å²) in [7, 11) is -3.54. The molecule has 0 unspecified atom stereocenters. The molecule has 0 saturated carbocycles. The van der Waals surface area contributed by atoms with Gasteiger partial charge in [0.25, 0.3) is 0 Å². The zero-order valence-corrected chi connectivity index (χ0v) is 16.1. The van der Waals surface area contributed by atoms with Gasteiger partial charge in [-0.3, -0.25) is 9.78 Å². The Morgan fingerprint density at radius 3 is 2.46 bits per heavy atom. The van der Waals surface area contributed by atoms with E-state index in [1.54, 1.807) is 30.1 Å². The number of hydrogen-bond acceptors (Lipinski definition) is 5. The maximum Gasteiger partial charge on any atom is 0.244 e. The Bertz CT molecular complexity index is 847. The van der Waals surface area contributed by atoms with Crippen molar-refractivity contribution in [2.45, 2.75) is 22.6 Å². The van der Waals surface area contributed by atoms with Crippen LogP contribution in [0.4, 0.5) is 5.69 Å². The zero-order chi connectivity index (χ0) is 18.6. The molecule has 138 valence electrons. The number of carbonyl (C=O) groups excluding carboxylic acids is 1. The Morgan fingerprint density at radius 2 is 1.88 bits per heavy atom. The van der Waals surface area contributed by atoms with Gasteiger partial charge in [0.2, 0.25) is 15.9 Å². The summed E-state index contributed by atoms with van der Waals surface area (Å²) in [4.78, 5) is 17.7. The average Bonchev–Trinajstić information content (AvgIpc) is 2.69. The monoisotopic (exact) mass is 391 g/mol.